The average Bonchev–Trinajstić information content (AvgIpc) is 3.05. The fourth-order valence-electron chi connectivity index (χ4n) is 7.64. The SMILES string of the molecule is CCCC(=O)N(C(=O)Oc1c(C)c(C)c2c(c1C)CC[C@@](C)(CCC[C@H](C)CCC[C@H](C)CCCC(C)C)O2)[C@H]1C(O)O[C@H](CO)[C@@H](O)[C@@H]1O. The molecule has 8 atom stereocenters. The van der Waals surface area contributed by atoms with Crippen molar-refractivity contribution < 1.29 is 44.2 Å². The van der Waals surface area contributed by atoms with Gasteiger partial charge in [-0.05, 0) is 94.2 Å². The molecule has 1 fully saturated rings. The molecule has 3 rings (SSSR count). The van der Waals surface area contributed by atoms with Crippen LogP contribution in [-0.2, 0) is 16.0 Å². The topological polar surface area (TPSA) is 146 Å². The van der Waals surface area contributed by atoms with Crippen molar-refractivity contribution in [1.29, 1.82) is 0 Å². The number of rotatable bonds is 17. The van der Waals surface area contributed by atoms with Crippen molar-refractivity contribution in [3.05, 3.63) is 22.3 Å². The first kappa shape index (κ1) is 42.2. The summed E-state index contributed by atoms with van der Waals surface area (Å²) in [6, 6.07) is -1.63. The van der Waals surface area contributed by atoms with Gasteiger partial charge in [0.1, 0.15) is 41.5 Å². The molecule has 286 valence electrons. The molecule has 0 aliphatic carbocycles. The highest BCUT2D eigenvalue weighted by molar-refractivity contribution is 5.93. The molecule has 1 unspecified atom stereocenters. The van der Waals surface area contributed by atoms with Gasteiger partial charge in [0.15, 0.2) is 6.29 Å². The highest BCUT2D eigenvalue weighted by Crippen LogP contribution is 2.45. The number of carbonyl (C=O) groups excluding carboxylic acids is 2. The van der Waals surface area contributed by atoms with E-state index in [0.29, 0.717) is 28.6 Å². The number of hydrogen-bond donors (Lipinski definition) is 4. The lowest BCUT2D eigenvalue weighted by molar-refractivity contribution is -0.266. The van der Waals surface area contributed by atoms with E-state index in [-0.39, 0.29) is 12.0 Å². The number of aliphatic hydroxyl groups is 4. The molecule has 0 spiro atoms. The van der Waals surface area contributed by atoms with E-state index in [0.717, 1.165) is 60.0 Å². The Labute approximate surface area is 300 Å². The molecule has 2 heterocycles. The number of amides is 2. The summed E-state index contributed by atoms with van der Waals surface area (Å²) in [6.45, 7) is 18.3. The van der Waals surface area contributed by atoms with E-state index < -0.39 is 49.3 Å². The van der Waals surface area contributed by atoms with E-state index in [9.17, 15) is 30.0 Å². The molecular weight excluding hydrogens is 638 g/mol. The highest BCUT2D eigenvalue weighted by Gasteiger charge is 2.50. The molecule has 1 aromatic carbocycles. The summed E-state index contributed by atoms with van der Waals surface area (Å²) in [5, 5.41) is 41.5. The highest BCUT2D eigenvalue weighted by atomic mass is 16.6. The van der Waals surface area contributed by atoms with Crippen LogP contribution in [-0.4, -0.2) is 80.2 Å². The van der Waals surface area contributed by atoms with Crippen LogP contribution < -0.4 is 9.47 Å². The normalized spacial score (nSPS) is 26.2. The first-order chi connectivity index (χ1) is 23.5. The van der Waals surface area contributed by atoms with Crippen molar-refractivity contribution in [2.24, 2.45) is 17.8 Å². The molecule has 50 heavy (non-hydrogen) atoms. The second-order valence-corrected chi connectivity index (χ2v) is 16.0. The lowest BCUT2D eigenvalue weighted by Gasteiger charge is -2.43. The Morgan fingerprint density at radius 2 is 1.50 bits per heavy atom. The maximum atomic E-state index is 13.7. The number of carbonyl (C=O) groups is 2. The Balaban J connectivity index is 1.67. The van der Waals surface area contributed by atoms with E-state index >= 15 is 0 Å². The first-order valence-electron chi connectivity index (χ1n) is 19.2. The second kappa shape index (κ2) is 19.0. The Morgan fingerprint density at radius 1 is 0.900 bits per heavy atom. The molecule has 1 aromatic rings. The summed E-state index contributed by atoms with van der Waals surface area (Å²) >= 11 is 0. The van der Waals surface area contributed by atoms with Gasteiger partial charge in [0.2, 0.25) is 5.91 Å². The van der Waals surface area contributed by atoms with Crippen molar-refractivity contribution in [2.45, 2.75) is 182 Å². The molecule has 0 saturated carbocycles. The number of fused-ring (bicyclic) bond motifs is 1. The van der Waals surface area contributed by atoms with Crippen molar-refractivity contribution in [1.82, 2.24) is 4.90 Å². The zero-order valence-corrected chi connectivity index (χ0v) is 32.3. The van der Waals surface area contributed by atoms with Gasteiger partial charge in [-0.2, -0.15) is 0 Å². The Morgan fingerprint density at radius 3 is 2.08 bits per heavy atom. The van der Waals surface area contributed by atoms with Gasteiger partial charge in [0, 0.05) is 12.0 Å². The summed E-state index contributed by atoms with van der Waals surface area (Å²) < 4.78 is 17.9. The van der Waals surface area contributed by atoms with Gasteiger partial charge in [0.05, 0.1) is 6.61 Å². The lowest BCUT2D eigenvalue weighted by atomic mass is 9.83. The summed E-state index contributed by atoms with van der Waals surface area (Å²) in [6.07, 6.45) is 5.41. The van der Waals surface area contributed by atoms with Gasteiger partial charge in [-0.25, -0.2) is 9.69 Å². The molecule has 10 heteroatoms. The standard InChI is InChI=1S/C40H67NO9/c1-10-14-32(43)41(33-35(45)34(44)31(23-42)48-38(33)46)39(47)49-36-27(6)28(7)37-30(29(36)8)20-22-40(9,50-37)21-13-19-26(5)18-12-17-25(4)16-11-15-24(2)3/h24-26,31,33-35,38,42,44-46H,10-23H2,1-9H3/t25-,26-,31-,33-,34-,35-,38?,40-/m1/s1. The molecule has 1 saturated heterocycles. The van der Waals surface area contributed by atoms with E-state index in [2.05, 4.69) is 34.6 Å². The fraction of sp³-hybridized carbons (Fsp3) is 0.800. The number of imide groups is 1. The molecule has 2 amide bonds. The van der Waals surface area contributed by atoms with Gasteiger partial charge in [-0.3, -0.25) is 4.79 Å². The van der Waals surface area contributed by atoms with E-state index in [1.807, 2.05) is 20.8 Å². The number of ether oxygens (including phenoxy) is 3. The molecule has 10 nitrogen and oxygen atoms in total. The molecule has 0 aromatic heterocycles. The first-order valence-corrected chi connectivity index (χ1v) is 19.2. The maximum Gasteiger partial charge on any atom is 0.422 e. The van der Waals surface area contributed by atoms with Crippen molar-refractivity contribution in [3.8, 4) is 11.5 Å². The minimum Gasteiger partial charge on any atom is -0.487 e. The van der Waals surface area contributed by atoms with Crippen molar-refractivity contribution in [2.75, 3.05) is 6.61 Å². The van der Waals surface area contributed by atoms with Crippen LogP contribution in [0.25, 0.3) is 0 Å². The number of hydrogen-bond acceptors (Lipinski definition) is 9. The zero-order chi connectivity index (χ0) is 37.3. The third-order valence-electron chi connectivity index (χ3n) is 11.1. The third-order valence-corrected chi connectivity index (χ3v) is 11.1. The average molecular weight is 706 g/mol. The second-order valence-electron chi connectivity index (χ2n) is 16.0. The van der Waals surface area contributed by atoms with Crippen LogP contribution in [0.3, 0.4) is 0 Å². The third kappa shape index (κ3) is 10.7. The monoisotopic (exact) mass is 705 g/mol. The summed E-state index contributed by atoms with van der Waals surface area (Å²) in [4.78, 5) is 27.6. The minimum atomic E-state index is -1.84. The van der Waals surface area contributed by atoms with E-state index in [1.54, 1.807) is 6.92 Å². The van der Waals surface area contributed by atoms with Crippen LogP contribution in [0.2, 0.25) is 0 Å². The number of nitrogens with zero attached hydrogens (tertiary/aromatic N) is 1. The maximum absolute atomic E-state index is 13.7. The number of aliphatic hydroxyl groups excluding tert-OH is 4. The predicted molar refractivity (Wildman–Crippen MR) is 194 cm³/mol. The van der Waals surface area contributed by atoms with Crippen molar-refractivity contribution in [3.63, 3.8) is 0 Å². The predicted octanol–water partition coefficient (Wildman–Crippen LogP) is 7.06. The Hall–Kier alpha value is -2.24. The van der Waals surface area contributed by atoms with E-state index in [1.165, 1.54) is 44.9 Å². The number of benzene rings is 1. The van der Waals surface area contributed by atoms with Crippen LogP contribution >= 0.6 is 0 Å². The molecule has 0 radical (unpaired) electrons. The molecular formula is C40H67NO9. The van der Waals surface area contributed by atoms with Crippen molar-refractivity contribution >= 4 is 12.0 Å². The zero-order valence-electron chi connectivity index (χ0n) is 32.3. The summed E-state index contributed by atoms with van der Waals surface area (Å²) in [7, 11) is 0. The lowest BCUT2D eigenvalue weighted by Crippen LogP contribution is -2.66. The molecule has 4 N–H and O–H groups in total. The van der Waals surface area contributed by atoms with Gasteiger partial charge in [-0.15, -0.1) is 0 Å². The summed E-state index contributed by atoms with van der Waals surface area (Å²) in [5.74, 6) is 2.70. The van der Waals surface area contributed by atoms with Gasteiger partial charge >= 0.3 is 6.09 Å². The quantitative estimate of drug-likeness (QED) is 0.134. The van der Waals surface area contributed by atoms with Crippen LogP contribution in [0.15, 0.2) is 0 Å². The van der Waals surface area contributed by atoms with Gasteiger partial charge < -0.3 is 34.6 Å². The van der Waals surface area contributed by atoms with Gasteiger partial charge in [-0.1, -0.05) is 79.6 Å². The van der Waals surface area contributed by atoms with Crippen LogP contribution in [0.1, 0.15) is 141 Å². The van der Waals surface area contributed by atoms with Crippen LogP contribution in [0.4, 0.5) is 4.79 Å². The molecule has 2 aliphatic rings. The Kier molecular flexibility index (Phi) is 16.0. The van der Waals surface area contributed by atoms with Crippen LogP contribution in [0, 0.1) is 38.5 Å². The molecule has 0 bridgehead atoms. The largest absolute Gasteiger partial charge is 0.487 e. The van der Waals surface area contributed by atoms with Crippen LogP contribution in [0.5, 0.6) is 11.5 Å². The Bertz CT molecular complexity index is 1270. The van der Waals surface area contributed by atoms with E-state index in [4.69, 9.17) is 14.2 Å². The summed E-state index contributed by atoms with van der Waals surface area (Å²) in [5.41, 5.74) is 2.93. The minimum absolute atomic E-state index is 0.0608. The smallest absolute Gasteiger partial charge is 0.422 e. The van der Waals surface area contributed by atoms with Gasteiger partial charge in [0.25, 0.3) is 0 Å². The molecule has 2 aliphatic heterocycles. The fourth-order valence-corrected chi connectivity index (χ4v) is 7.64.